The van der Waals surface area contributed by atoms with E-state index in [-0.39, 0.29) is 11.8 Å². The normalized spacial score (nSPS) is 10.6. The number of carbonyl (C=O) groups excluding carboxylic acids is 2. The van der Waals surface area contributed by atoms with Crippen LogP contribution >= 0.6 is 11.3 Å². The average Bonchev–Trinajstić information content (AvgIpc) is 3.52. The first-order valence-electron chi connectivity index (χ1n) is 10.3. The first-order valence-corrected chi connectivity index (χ1v) is 11.2. The lowest BCUT2D eigenvalue weighted by molar-refractivity contribution is -0.116. The first-order chi connectivity index (χ1) is 15.7. The van der Waals surface area contributed by atoms with Gasteiger partial charge in [0.2, 0.25) is 5.91 Å². The molecule has 0 aliphatic rings. The van der Waals surface area contributed by atoms with Gasteiger partial charge < -0.3 is 10.6 Å². The summed E-state index contributed by atoms with van der Waals surface area (Å²) in [5, 5.41) is 12.0. The number of pyridine rings is 1. The molecule has 4 rings (SSSR count). The monoisotopic (exact) mass is 445 g/mol. The predicted octanol–water partition coefficient (Wildman–Crippen LogP) is 4.22. The molecule has 2 amide bonds. The fraction of sp³-hybridized carbons (Fsp3) is 0.167. The lowest BCUT2D eigenvalue weighted by Gasteiger charge is -2.09. The van der Waals surface area contributed by atoms with E-state index < -0.39 is 0 Å². The summed E-state index contributed by atoms with van der Waals surface area (Å²) in [6.07, 6.45) is 7.31. The van der Waals surface area contributed by atoms with Crippen molar-refractivity contribution in [2.75, 3.05) is 5.32 Å². The van der Waals surface area contributed by atoms with E-state index in [1.54, 1.807) is 52.7 Å². The van der Waals surface area contributed by atoms with Crippen molar-refractivity contribution < 1.29 is 9.59 Å². The minimum Gasteiger partial charge on any atom is -0.348 e. The maximum atomic E-state index is 12.6. The number of rotatable bonds is 9. The van der Waals surface area contributed by atoms with E-state index in [4.69, 9.17) is 0 Å². The van der Waals surface area contributed by atoms with E-state index >= 15 is 0 Å². The first kappa shape index (κ1) is 21.5. The summed E-state index contributed by atoms with van der Waals surface area (Å²) in [4.78, 5) is 30.4. The molecule has 2 N–H and O–H groups in total. The molecule has 0 spiro atoms. The molecule has 162 valence electrons. The second-order valence-electron chi connectivity index (χ2n) is 7.22. The van der Waals surface area contributed by atoms with Crippen molar-refractivity contribution in [3.63, 3.8) is 0 Å². The van der Waals surface area contributed by atoms with E-state index in [1.807, 2.05) is 35.8 Å². The lowest BCUT2D eigenvalue weighted by Crippen LogP contribution is -2.23. The van der Waals surface area contributed by atoms with Crippen LogP contribution in [-0.4, -0.2) is 26.6 Å². The van der Waals surface area contributed by atoms with Crippen LogP contribution in [0.3, 0.4) is 0 Å². The van der Waals surface area contributed by atoms with Gasteiger partial charge in [0.05, 0.1) is 0 Å². The van der Waals surface area contributed by atoms with Gasteiger partial charge in [-0.15, -0.1) is 11.3 Å². The molecule has 0 saturated carbocycles. The van der Waals surface area contributed by atoms with Crippen LogP contribution in [0.1, 0.15) is 33.6 Å². The summed E-state index contributed by atoms with van der Waals surface area (Å²) < 4.78 is 1.66. The van der Waals surface area contributed by atoms with Crippen LogP contribution in [0.15, 0.2) is 78.6 Å². The van der Waals surface area contributed by atoms with Crippen LogP contribution in [0.2, 0.25) is 0 Å². The lowest BCUT2D eigenvalue weighted by atomic mass is 10.1. The number of nitrogens with zero attached hydrogens (tertiary/aromatic N) is 3. The van der Waals surface area contributed by atoms with Gasteiger partial charge >= 0.3 is 0 Å². The molecule has 0 bridgehead atoms. The number of aromatic nitrogens is 3. The van der Waals surface area contributed by atoms with Gasteiger partial charge in [-0.1, -0.05) is 12.1 Å². The summed E-state index contributed by atoms with van der Waals surface area (Å²) in [6.45, 7) is 0.356. The summed E-state index contributed by atoms with van der Waals surface area (Å²) in [5.41, 5.74) is 2.01. The van der Waals surface area contributed by atoms with Crippen molar-refractivity contribution in [1.29, 1.82) is 0 Å². The minimum atomic E-state index is -0.212. The highest BCUT2D eigenvalue weighted by Gasteiger charge is 2.09. The standard InChI is InChI=1S/C24H23N5O2S/c30-23(9-2-7-21-8-3-14-32-21)28-20-6-1-5-19(16-20)24(31)26-17-18-10-12-25-22(15-18)29-13-4-11-27-29/h1,3-6,8,10-16H,2,7,9,17H2,(H,26,31)(H,28,30). The van der Waals surface area contributed by atoms with Gasteiger partial charge in [-0.3, -0.25) is 9.59 Å². The Morgan fingerprint density at radius 3 is 2.78 bits per heavy atom. The quantitative estimate of drug-likeness (QED) is 0.404. The van der Waals surface area contributed by atoms with E-state index in [2.05, 4.69) is 26.8 Å². The van der Waals surface area contributed by atoms with Crippen molar-refractivity contribution in [3.05, 3.63) is 94.6 Å². The zero-order valence-corrected chi connectivity index (χ0v) is 18.2. The minimum absolute atomic E-state index is 0.0537. The molecule has 32 heavy (non-hydrogen) atoms. The Hall–Kier alpha value is -3.78. The Balaban J connectivity index is 1.29. The predicted molar refractivity (Wildman–Crippen MR) is 125 cm³/mol. The number of hydrogen-bond acceptors (Lipinski definition) is 5. The van der Waals surface area contributed by atoms with Gasteiger partial charge in [0, 0.05) is 47.7 Å². The average molecular weight is 446 g/mol. The Morgan fingerprint density at radius 2 is 1.97 bits per heavy atom. The van der Waals surface area contributed by atoms with Crippen LogP contribution < -0.4 is 10.6 Å². The third kappa shape index (κ3) is 5.89. The highest BCUT2D eigenvalue weighted by Crippen LogP contribution is 2.14. The maximum absolute atomic E-state index is 12.6. The number of aryl methyl sites for hydroxylation is 1. The molecular formula is C24H23N5O2S. The summed E-state index contributed by atoms with van der Waals surface area (Å²) in [5.74, 6) is 0.420. The molecule has 7 nitrogen and oxygen atoms in total. The Labute approximate surface area is 190 Å². The van der Waals surface area contributed by atoms with Crippen LogP contribution in [0.25, 0.3) is 5.82 Å². The molecule has 8 heteroatoms. The number of nitrogens with one attached hydrogen (secondary N) is 2. The molecule has 0 saturated heterocycles. The van der Waals surface area contributed by atoms with Gasteiger partial charge in [-0.05, 0) is 66.2 Å². The van der Waals surface area contributed by atoms with Gasteiger partial charge in [0.15, 0.2) is 5.82 Å². The fourth-order valence-electron chi connectivity index (χ4n) is 3.22. The van der Waals surface area contributed by atoms with Crippen molar-refractivity contribution in [2.24, 2.45) is 0 Å². The summed E-state index contributed by atoms with van der Waals surface area (Å²) in [7, 11) is 0. The third-order valence-electron chi connectivity index (χ3n) is 4.82. The molecule has 4 aromatic rings. The Kier molecular flexibility index (Phi) is 7.04. The van der Waals surface area contributed by atoms with Crippen LogP contribution in [0.5, 0.6) is 0 Å². The highest BCUT2D eigenvalue weighted by atomic mass is 32.1. The van der Waals surface area contributed by atoms with E-state index in [0.29, 0.717) is 30.0 Å². The number of amides is 2. The molecule has 0 fully saturated rings. The van der Waals surface area contributed by atoms with Gasteiger partial charge in [-0.2, -0.15) is 5.10 Å². The topological polar surface area (TPSA) is 88.9 Å². The number of thiophene rings is 1. The Morgan fingerprint density at radius 1 is 1.03 bits per heavy atom. The van der Waals surface area contributed by atoms with E-state index in [0.717, 1.165) is 18.4 Å². The second-order valence-corrected chi connectivity index (χ2v) is 8.25. The highest BCUT2D eigenvalue weighted by molar-refractivity contribution is 7.09. The van der Waals surface area contributed by atoms with Crippen LogP contribution in [0.4, 0.5) is 5.69 Å². The molecule has 3 aromatic heterocycles. The zero-order chi connectivity index (χ0) is 22.2. The van der Waals surface area contributed by atoms with Crippen molar-refractivity contribution >= 4 is 28.8 Å². The van der Waals surface area contributed by atoms with Crippen LogP contribution in [0, 0.1) is 0 Å². The number of carbonyl (C=O) groups is 2. The molecule has 3 heterocycles. The molecule has 1 aromatic carbocycles. The number of anilines is 1. The molecule has 0 atom stereocenters. The van der Waals surface area contributed by atoms with Crippen molar-refractivity contribution in [2.45, 2.75) is 25.8 Å². The zero-order valence-electron chi connectivity index (χ0n) is 17.4. The fourth-order valence-corrected chi connectivity index (χ4v) is 3.98. The molecule has 0 aliphatic heterocycles. The largest absolute Gasteiger partial charge is 0.348 e. The SMILES string of the molecule is O=C(CCCc1cccs1)Nc1cccc(C(=O)NCc2ccnc(-n3cccn3)c2)c1. The van der Waals surface area contributed by atoms with E-state index in [1.165, 1.54) is 4.88 Å². The molecular weight excluding hydrogens is 422 g/mol. The number of benzene rings is 1. The summed E-state index contributed by atoms with van der Waals surface area (Å²) in [6, 6.07) is 16.6. The smallest absolute Gasteiger partial charge is 0.251 e. The maximum Gasteiger partial charge on any atom is 0.251 e. The second kappa shape index (κ2) is 10.5. The van der Waals surface area contributed by atoms with Gasteiger partial charge in [0.25, 0.3) is 5.91 Å². The molecule has 0 aliphatic carbocycles. The van der Waals surface area contributed by atoms with E-state index in [9.17, 15) is 9.59 Å². The third-order valence-corrected chi connectivity index (χ3v) is 5.75. The summed E-state index contributed by atoms with van der Waals surface area (Å²) >= 11 is 1.70. The molecule has 0 unspecified atom stereocenters. The Bertz CT molecular complexity index is 1170. The number of hydrogen-bond donors (Lipinski definition) is 2. The van der Waals surface area contributed by atoms with Crippen LogP contribution in [-0.2, 0) is 17.8 Å². The van der Waals surface area contributed by atoms with Gasteiger partial charge in [-0.25, -0.2) is 9.67 Å². The van der Waals surface area contributed by atoms with Gasteiger partial charge in [0.1, 0.15) is 0 Å². The molecule has 0 radical (unpaired) electrons. The van der Waals surface area contributed by atoms with Crippen molar-refractivity contribution in [1.82, 2.24) is 20.1 Å². The van der Waals surface area contributed by atoms with Crippen molar-refractivity contribution in [3.8, 4) is 5.82 Å².